The van der Waals surface area contributed by atoms with Gasteiger partial charge in [-0.3, -0.25) is 4.79 Å². The smallest absolute Gasteiger partial charge is 0.303 e. The highest BCUT2D eigenvalue weighted by atomic mass is 16.4. The summed E-state index contributed by atoms with van der Waals surface area (Å²) in [5, 5.41) is 10.5. The van der Waals surface area contributed by atoms with Gasteiger partial charge >= 0.3 is 5.97 Å². The number of fused-ring (bicyclic) bond motifs is 3. The SMILES string of the molecule is CCn1c2c(c3ccccc31)CCCC2(CC)CCC(=O)O. The first kappa shape index (κ1) is 15.1. The van der Waals surface area contributed by atoms with E-state index < -0.39 is 5.97 Å². The van der Waals surface area contributed by atoms with Crippen LogP contribution in [0.3, 0.4) is 0 Å². The zero-order valence-electron chi connectivity index (χ0n) is 13.6. The molecular weight excluding hydrogens is 274 g/mol. The number of hydrogen-bond acceptors (Lipinski definition) is 1. The first-order valence-corrected chi connectivity index (χ1v) is 8.45. The van der Waals surface area contributed by atoms with E-state index in [9.17, 15) is 4.79 Å². The number of carboxylic acids is 1. The lowest BCUT2D eigenvalue weighted by Crippen LogP contribution is -2.33. The number of benzene rings is 1. The lowest BCUT2D eigenvalue weighted by molar-refractivity contribution is -0.137. The van der Waals surface area contributed by atoms with Gasteiger partial charge < -0.3 is 9.67 Å². The molecule has 0 bridgehead atoms. The van der Waals surface area contributed by atoms with Crippen molar-refractivity contribution in [1.29, 1.82) is 0 Å². The molecule has 1 aliphatic rings. The molecule has 1 N–H and O–H groups in total. The molecule has 22 heavy (non-hydrogen) atoms. The fourth-order valence-electron chi connectivity index (χ4n) is 4.40. The summed E-state index contributed by atoms with van der Waals surface area (Å²) >= 11 is 0. The van der Waals surface area contributed by atoms with Crippen LogP contribution < -0.4 is 0 Å². The van der Waals surface area contributed by atoms with Gasteiger partial charge in [0.1, 0.15) is 0 Å². The van der Waals surface area contributed by atoms with E-state index in [1.807, 2.05) is 0 Å². The molecule has 0 radical (unpaired) electrons. The van der Waals surface area contributed by atoms with E-state index in [-0.39, 0.29) is 11.8 Å². The highest BCUT2D eigenvalue weighted by molar-refractivity contribution is 5.86. The third kappa shape index (κ3) is 2.23. The molecule has 0 spiro atoms. The molecule has 1 atom stereocenters. The van der Waals surface area contributed by atoms with Gasteiger partial charge in [0.25, 0.3) is 0 Å². The normalized spacial score (nSPS) is 21.0. The Labute approximate surface area is 131 Å². The van der Waals surface area contributed by atoms with E-state index in [4.69, 9.17) is 5.11 Å². The molecule has 1 unspecified atom stereocenters. The predicted molar refractivity (Wildman–Crippen MR) is 89.4 cm³/mol. The van der Waals surface area contributed by atoms with Crippen molar-refractivity contribution in [2.24, 2.45) is 0 Å². The zero-order chi connectivity index (χ0) is 15.7. The fraction of sp³-hybridized carbons (Fsp3) is 0.526. The molecule has 0 fully saturated rings. The summed E-state index contributed by atoms with van der Waals surface area (Å²) in [4.78, 5) is 11.1. The highest BCUT2D eigenvalue weighted by Crippen LogP contribution is 2.47. The molecule has 1 aromatic carbocycles. The van der Waals surface area contributed by atoms with Gasteiger partial charge in [0, 0.05) is 35.0 Å². The van der Waals surface area contributed by atoms with Crippen LogP contribution in [0, 0.1) is 0 Å². The third-order valence-electron chi connectivity index (χ3n) is 5.47. The maximum Gasteiger partial charge on any atom is 0.303 e. The van der Waals surface area contributed by atoms with Gasteiger partial charge in [-0.2, -0.15) is 0 Å². The number of hydrogen-bond donors (Lipinski definition) is 1. The number of para-hydroxylation sites is 1. The van der Waals surface area contributed by atoms with Crippen molar-refractivity contribution in [2.45, 2.75) is 64.3 Å². The van der Waals surface area contributed by atoms with Gasteiger partial charge in [-0.25, -0.2) is 0 Å². The van der Waals surface area contributed by atoms with Crippen LogP contribution in [0.1, 0.15) is 57.2 Å². The number of aromatic nitrogens is 1. The monoisotopic (exact) mass is 299 g/mol. The van der Waals surface area contributed by atoms with Crippen molar-refractivity contribution in [3.8, 4) is 0 Å². The first-order chi connectivity index (χ1) is 10.6. The lowest BCUT2D eigenvalue weighted by Gasteiger charge is -2.38. The Kier molecular flexibility index (Phi) is 3.98. The summed E-state index contributed by atoms with van der Waals surface area (Å²) in [5.41, 5.74) is 4.23. The van der Waals surface area contributed by atoms with Crippen LogP contribution in [0.2, 0.25) is 0 Å². The van der Waals surface area contributed by atoms with Crippen molar-refractivity contribution >= 4 is 16.9 Å². The molecule has 3 heteroatoms. The minimum atomic E-state index is -0.681. The summed E-state index contributed by atoms with van der Waals surface area (Å²) in [6.45, 7) is 5.36. The van der Waals surface area contributed by atoms with Crippen LogP contribution in [0.4, 0.5) is 0 Å². The molecule has 1 aliphatic carbocycles. The van der Waals surface area contributed by atoms with E-state index in [1.54, 1.807) is 0 Å². The molecular formula is C19H25NO2. The summed E-state index contributed by atoms with van der Waals surface area (Å²) in [7, 11) is 0. The number of carboxylic acid groups (broad SMARTS) is 1. The molecule has 0 saturated carbocycles. The Hall–Kier alpha value is -1.77. The van der Waals surface area contributed by atoms with Gasteiger partial charge in [-0.1, -0.05) is 25.1 Å². The van der Waals surface area contributed by atoms with E-state index >= 15 is 0 Å². The van der Waals surface area contributed by atoms with Crippen molar-refractivity contribution < 1.29 is 9.90 Å². The second-order valence-electron chi connectivity index (χ2n) is 6.47. The van der Waals surface area contributed by atoms with Crippen molar-refractivity contribution in [3.05, 3.63) is 35.5 Å². The third-order valence-corrected chi connectivity index (χ3v) is 5.47. The maximum atomic E-state index is 11.1. The van der Waals surface area contributed by atoms with E-state index in [2.05, 4.69) is 42.7 Å². The number of nitrogens with zero attached hydrogens (tertiary/aromatic N) is 1. The standard InChI is InChI=1S/C19H25NO2/c1-3-19(13-11-17(21)22)12-7-9-15-14-8-5-6-10-16(14)20(4-2)18(15)19/h5-6,8,10H,3-4,7,9,11-13H2,1-2H3,(H,21,22). The quantitative estimate of drug-likeness (QED) is 0.882. The molecule has 118 valence electrons. The zero-order valence-corrected chi connectivity index (χ0v) is 13.6. The molecule has 0 aliphatic heterocycles. The van der Waals surface area contributed by atoms with Gasteiger partial charge in [0.05, 0.1) is 0 Å². The molecule has 3 nitrogen and oxygen atoms in total. The number of aryl methyl sites for hydroxylation is 2. The van der Waals surface area contributed by atoms with E-state index in [1.165, 1.54) is 22.2 Å². The molecule has 0 amide bonds. The fourth-order valence-corrected chi connectivity index (χ4v) is 4.40. The average molecular weight is 299 g/mol. The van der Waals surface area contributed by atoms with Crippen LogP contribution in [-0.4, -0.2) is 15.6 Å². The number of aliphatic carboxylic acids is 1. The summed E-state index contributed by atoms with van der Waals surface area (Å²) in [6.07, 6.45) is 5.43. The van der Waals surface area contributed by atoms with Crippen molar-refractivity contribution in [1.82, 2.24) is 4.57 Å². The molecule has 3 rings (SSSR count). The number of rotatable bonds is 5. The van der Waals surface area contributed by atoms with E-state index in [0.29, 0.717) is 0 Å². The second-order valence-corrected chi connectivity index (χ2v) is 6.47. The largest absolute Gasteiger partial charge is 0.481 e. The Morgan fingerprint density at radius 1 is 1.32 bits per heavy atom. The maximum absolute atomic E-state index is 11.1. The van der Waals surface area contributed by atoms with Gasteiger partial charge in [0.2, 0.25) is 0 Å². The highest BCUT2D eigenvalue weighted by Gasteiger charge is 2.39. The van der Waals surface area contributed by atoms with Crippen LogP contribution in [0.15, 0.2) is 24.3 Å². The molecule has 1 heterocycles. The Morgan fingerprint density at radius 2 is 2.09 bits per heavy atom. The topological polar surface area (TPSA) is 42.2 Å². The van der Waals surface area contributed by atoms with Crippen LogP contribution in [-0.2, 0) is 23.2 Å². The first-order valence-electron chi connectivity index (χ1n) is 8.45. The Balaban J connectivity index is 2.21. The Bertz CT molecular complexity index is 668. The van der Waals surface area contributed by atoms with Crippen molar-refractivity contribution in [2.75, 3.05) is 0 Å². The minimum absolute atomic E-state index is 0.0288. The van der Waals surface area contributed by atoms with Crippen LogP contribution >= 0.6 is 0 Å². The Morgan fingerprint density at radius 3 is 2.77 bits per heavy atom. The second kappa shape index (κ2) is 5.79. The summed E-state index contributed by atoms with van der Waals surface area (Å²) in [6, 6.07) is 8.64. The van der Waals surface area contributed by atoms with Crippen LogP contribution in [0.5, 0.6) is 0 Å². The van der Waals surface area contributed by atoms with Gasteiger partial charge in [0.15, 0.2) is 0 Å². The average Bonchev–Trinajstić information content (AvgIpc) is 2.87. The molecule has 2 aromatic rings. The predicted octanol–water partition coefficient (Wildman–Crippen LogP) is 4.51. The van der Waals surface area contributed by atoms with Crippen molar-refractivity contribution in [3.63, 3.8) is 0 Å². The van der Waals surface area contributed by atoms with Gasteiger partial charge in [-0.15, -0.1) is 0 Å². The van der Waals surface area contributed by atoms with Gasteiger partial charge in [-0.05, 0) is 50.7 Å². The van der Waals surface area contributed by atoms with E-state index in [0.717, 1.165) is 38.6 Å². The summed E-state index contributed by atoms with van der Waals surface area (Å²) < 4.78 is 2.44. The minimum Gasteiger partial charge on any atom is -0.481 e. The number of carbonyl (C=O) groups is 1. The summed E-state index contributed by atoms with van der Waals surface area (Å²) in [5.74, 6) is -0.681. The lowest BCUT2D eigenvalue weighted by atomic mass is 9.68. The molecule has 1 aromatic heterocycles. The molecule has 0 saturated heterocycles. The van der Waals surface area contributed by atoms with Crippen LogP contribution in [0.25, 0.3) is 10.9 Å².